The summed E-state index contributed by atoms with van der Waals surface area (Å²) in [6, 6.07) is 7.05. The lowest BCUT2D eigenvalue weighted by Crippen LogP contribution is -2.40. The monoisotopic (exact) mass is 288 g/mol. The van der Waals surface area contributed by atoms with Crippen LogP contribution < -0.4 is 0 Å². The molecular weight excluding hydrogens is 268 g/mol. The minimum Gasteiger partial charge on any atom is -0.342 e. The van der Waals surface area contributed by atoms with Crippen molar-refractivity contribution in [1.29, 1.82) is 0 Å². The number of rotatable bonds is 2. The number of fused-ring (bicyclic) bond motifs is 3. The molecule has 0 bridgehead atoms. The Kier molecular flexibility index (Phi) is 3.04. The topological polar surface area (TPSA) is 8.17 Å². The van der Waals surface area contributed by atoms with Crippen LogP contribution in [0.15, 0.2) is 18.2 Å². The Morgan fingerprint density at radius 1 is 1.30 bits per heavy atom. The Morgan fingerprint density at radius 2 is 2.20 bits per heavy atom. The Labute approximate surface area is 125 Å². The highest BCUT2D eigenvalue weighted by Gasteiger charge is 2.34. The van der Waals surface area contributed by atoms with Gasteiger partial charge in [-0.1, -0.05) is 18.5 Å². The summed E-state index contributed by atoms with van der Waals surface area (Å²) < 4.78 is 2.57. The fraction of sp³-hybridized carbons (Fsp3) is 0.529. The molecule has 0 unspecified atom stereocenters. The second-order valence-electron chi connectivity index (χ2n) is 6.12. The van der Waals surface area contributed by atoms with Gasteiger partial charge in [0, 0.05) is 34.7 Å². The summed E-state index contributed by atoms with van der Waals surface area (Å²) >= 11 is 6.22. The van der Waals surface area contributed by atoms with E-state index in [-0.39, 0.29) is 0 Å². The van der Waals surface area contributed by atoms with E-state index in [1.165, 1.54) is 49.7 Å². The molecule has 4 rings (SSSR count). The Morgan fingerprint density at radius 3 is 3.05 bits per heavy atom. The van der Waals surface area contributed by atoms with Crippen molar-refractivity contribution in [3.63, 3.8) is 0 Å². The van der Waals surface area contributed by atoms with Crippen LogP contribution in [0.1, 0.15) is 43.5 Å². The van der Waals surface area contributed by atoms with Crippen molar-refractivity contribution in [2.75, 3.05) is 13.1 Å². The van der Waals surface area contributed by atoms with Crippen molar-refractivity contribution in [2.24, 2.45) is 0 Å². The molecule has 1 aliphatic heterocycles. The van der Waals surface area contributed by atoms with Crippen LogP contribution in [0, 0.1) is 0 Å². The molecule has 1 aromatic carbocycles. The quantitative estimate of drug-likeness (QED) is 0.795. The summed E-state index contributed by atoms with van der Waals surface area (Å²) in [4.78, 5) is 2.69. The van der Waals surface area contributed by atoms with Crippen molar-refractivity contribution in [1.82, 2.24) is 9.47 Å². The maximum absolute atomic E-state index is 6.22. The Bertz CT molecular complexity index is 659. The van der Waals surface area contributed by atoms with Gasteiger partial charge in [-0.25, -0.2) is 0 Å². The van der Waals surface area contributed by atoms with Crippen LogP contribution in [0.4, 0.5) is 0 Å². The zero-order chi connectivity index (χ0) is 13.7. The molecule has 2 aromatic rings. The van der Waals surface area contributed by atoms with Gasteiger partial charge in [0.25, 0.3) is 0 Å². The second kappa shape index (κ2) is 4.78. The van der Waals surface area contributed by atoms with Crippen LogP contribution in [-0.4, -0.2) is 22.6 Å². The summed E-state index contributed by atoms with van der Waals surface area (Å²) in [5, 5.41) is 2.26. The first-order valence-corrected chi connectivity index (χ1v) is 8.22. The van der Waals surface area contributed by atoms with Crippen LogP contribution in [-0.2, 0) is 13.0 Å². The lowest BCUT2D eigenvalue weighted by atomic mass is 9.89. The molecule has 2 nitrogen and oxygen atoms in total. The van der Waals surface area contributed by atoms with E-state index in [0.29, 0.717) is 6.04 Å². The molecule has 0 N–H and O–H groups in total. The average molecular weight is 289 g/mol. The van der Waals surface area contributed by atoms with Gasteiger partial charge < -0.3 is 4.57 Å². The van der Waals surface area contributed by atoms with Gasteiger partial charge in [-0.3, -0.25) is 4.90 Å². The van der Waals surface area contributed by atoms with Gasteiger partial charge in [0.15, 0.2) is 0 Å². The molecular formula is C17H21ClN2. The molecule has 1 aliphatic carbocycles. The summed E-state index contributed by atoms with van der Waals surface area (Å²) in [7, 11) is 0. The van der Waals surface area contributed by atoms with Crippen molar-refractivity contribution in [2.45, 2.75) is 45.2 Å². The number of aromatic nitrogens is 1. The number of halogens is 1. The van der Waals surface area contributed by atoms with E-state index in [0.717, 1.165) is 11.6 Å². The molecule has 106 valence electrons. The van der Waals surface area contributed by atoms with E-state index in [1.54, 1.807) is 11.3 Å². The van der Waals surface area contributed by atoms with E-state index in [4.69, 9.17) is 11.6 Å². The lowest BCUT2D eigenvalue weighted by molar-refractivity contribution is 0.141. The summed E-state index contributed by atoms with van der Waals surface area (Å²) in [5.74, 6) is 0. The van der Waals surface area contributed by atoms with E-state index in [9.17, 15) is 0 Å². The molecule has 1 atom stereocenters. The number of aryl methyl sites for hydroxylation is 1. The SMILES string of the molecule is CCCN1CCn2c3c(c4cc(Cl)ccc42)CCC[C@H]31. The molecule has 0 spiro atoms. The standard InChI is InChI=1S/C17H21ClN2/c1-2-8-19-9-10-20-15-7-6-12(18)11-14(15)13-4-3-5-16(19)17(13)20/h6-7,11,16H,2-5,8-10H2,1H3/t16-/m1/s1. The molecule has 3 heteroatoms. The molecule has 0 amide bonds. The van der Waals surface area contributed by atoms with Crippen molar-refractivity contribution in [3.8, 4) is 0 Å². The Hall–Kier alpha value is -0.990. The third-order valence-electron chi connectivity index (χ3n) is 4.96. The fourth-order valence-corrected chi connectivity index (χ4v) is 4.38. The molecule has 2 heterocycles. The van der Waals surface area contributed by atoms with E-state index < -0.39 is 0 Å². The second-order valence-corrected chi connectivity index (χ2v) is 6.56. The minimum absolute atomic E-state index is 0.638. The van der Waals surface area contributed by atoms with Gasteiger partial charge in [0.2, 0.25) is 0 Å². The molecule has 20 heavy (non-hydrogen) atoms. The highest BCUT2D eigenvalue weighted by Crippen LogP contribution is 2.42. The first-order chi connectivity index (χ1) is 9.79. The Balaban J connectivity index is 1.93. The number of hydrogen-bond donors (Lipinski definition) is 0. The molecule has 0 fully saturated rings. The molecule has 0 saturated heterocycles. The third-order valence-corrected chi connectivity index (χ3v) is 5.19. The number of nitrogens with zero attached hydrogens (tertiary/aromatic N) is 2. The minimum atomic E-state index is 0.638. The maximum atomic E-state index is 6.22. The largest absolute Gasteiger partial charge is 0.342 e. The third kappa shape index (κ3) is 1.74. The predicted octanol–water partition coefficient (Wildman–Crippen LogP) is 4.40. The number of hydrogen-bond acceptors (Lipinski definition) is 1. The zero-order valence-electron chi connectivity index (χ0n) is 12.0. The molecule has 0 saturated carbocycles. The summed E-state index contributed by atoms with van der Waals surface area (Å²) in [6.45, 7) is 5.83. The van der Waals surface area contributed by atoms with Gasteiger partial charge in [-0.2, -0.15) is 0 Å². The van der Waals surface area contributed by atoms with Crippen LogP contribution in [0.25, 0.3) is 10.9 Å². The molecule has 0 radical (unpaired) electrons. The number of benzene rings is 1. The van der Waals surface area contributed by atoms with Gasteiger partial charge in [0.1, 0.15) is 0 Å². The van der Waals surface area contributed by atoms with E-state index in [2.05, 4.69) is 28.5 Å². The summed E-state index contributed by atoms with van der Waals surface area (Å²) in [6.07, 6.45) is 5.09. The van der Waals surface area contributed by atoms with Gasteiger partial charge in [0.05, 0.1) is 6.04 Å². The van der Waals surface area contributed by atoms with Crippen LogP contribution in [0.2, 0.25) is 5.02 Å². The zero-order valence-corrected chi connectivity index (χ0v) is 12.8. The summed E-state index contributed by atoms with van der Waals surface area (Å²) in [5.41, 5.74) is 4.55. The van der Waals surface area contributed by atoms with Crippen molar-refractivity contribution in [3.05, 3.63) is 34.5 Å². The smallest absolute Gasteiger partial charge is 0.0504 e. The molecule has 2 aliphatic rings. The van der Waals surface area contributed by atoms with Crippen LogP contribution in [0.5, 0.6) is 0 Å². The van der Waals surface area contributed by atoms with E-state index in [1.807, 2.05) is 6.07 Å². The highest BCUT2D eigenvalue weighted by atomic mass is 35.5. The fourth-order valence-electron chi connectivity index (χ4n) is 4.20. The van der Waals surface area contributed by atoms with Crippen LogP contribution in [0.3, 0.4) is 0 Å². The van der Waals surface area contributed by atoms with Gasteiger partial charge in [-0.05, 0) is 56.0 Å². The van der Waals surface area contributed by atoms with Crippen molar-refractivity contribution < 1.29 is 0 Å². The predicted molar refractivity (Wildman–Crippen MR) is 84.5 cm³/mol. The van der Waals surface area contributed by atoms with Crippen LogP contribution >= 0.6 is 11.6 Å². The first kappa shape index (κ1) is 12.7. The van der Waals surface area contributed by atoms with E-state index >= 15 is 0 Å². The van der Waals surface area contributed by atoms with Gasteiger partial charge >= 0.3 is 0 Å². The molecule has 1 aromatic heterocycles. The maximum Gasteiger partial charge on any atom is 0.0504 e. The highest BCUT2D eigenvalue weighted by molar-refractivity contribution is 6.31. The van der Waals surface area contributed by atoms with Gasteiger partial charge in [-0.15, -0.1) is 0 Å². The average Bonchev–Trinajstić information content (AvgIpc) is 2.78. The van der Waals surface area contributed by atoms with Crippen molar-refractivity contribution >= 4 is 22.5 Å². The lowest BCUT2D eigenvalue weighted by Gasteiger charge is -2.39. The first-order valence-electron chi connectivity index (χ1n) is 7.84. The normalized spacial score (nSPS) is 22.2.